The summed E-state index contributed by atoms with van der Waals surface area (Å²) in [6.45, 7) is 1.13. The van der Waals surface area contributed by atoms with Gasteiger partial charge in [-0.25, -0.2) is 0 Å². The van der Waals surface area contributed by atoms with Crippen molar-refractivity contribution in [2.45, 2.75) is 25.3 Å². The molecule has 0 saturated carbocycles. The van der Waals surface area contributed by atoms with E-state index in [1.807, 2.05) is 12.3 Å². The first kappa shape index (κ1) is 7.68. The summed E-state index contributed by atoms with van der Waals surface area (Å²) in [5, 5.41) is 11.1. The number of hydrogen-bond acceptors (Lipinski definition) is 3. The summed E-state index contributed by atoms with van der Waals surface area (Å²) in [6, 6.07) is 2.55. The lowest BCUT2D eigenvalue weighted by Gasteiger charge is -2.22. The molecule has 1 aliphatic rings. The Kier molecular flexibility index (Phi) is 2.32. The predicted octanol–water partition coefficient (Wildman–Crippen LogP) is 1.29. The Morgan fingerprint density at radius 1 is 1.33 bits per heavy atom. The summed E-state index contributed by atoms with van der Waals surface area (Å²) in [4.78, 5) is 0. The molecule has 3 nitrogen and oxygen atoms in total. The molecular formula is C9H13N3. The average molecular weight is 163 g/mol. The Morgan fingerprint density at radius 3 is 3.00 bits per heavy atom. The smallest absolute Gasteiger partial charge is 0.0544 e. The molecule has 1 unspecified atom stereocenters. The van der Waals surface area contributed by atoms with E-state index in [0.29, 0.717) is 6.04 Å². The molecule has 1 fully saturated rings. The summed E-state index contributed by atoms with van der Waals surface area (Å²) in [5.74, 6) is 0. The summed E-state index contributed by atoms with van der Waals surface area (Å²) in [5.41, 5.74) is 1.27. The maximum atomic E-state index is 3.87. The summed E-state index contributed by atoms with van der Waals surface area (Å²) < 4.78 is 0. The fraction of sp³-hybridized carbons (Fsp3) is 0.556. The van der Waals surface area contributed by atoms with Crippen molar-refractivity contribution in [3.63, 3.8) is 0 Å². The van der Waals surface area contributed by atoms with Crippen molar-refractivity contribution in [1.82, 2.24) is 15.5 Å². The van der Waals surface area contributed by atoms with Gasteiger partial charge >= 0.3 is 0 Å². The van der Waals surface area contributed by atoms with Gasteiger partial charge < -0.3 is 5.32 Å². The molecule has 1 saturated heterocycles. The van der Waals surface area contributed by atoms with Gasteiger partial charge in [0.1, 0.15) is 0 Å². The molecule has 64 valence electrons. The Morgan fingerprint density at radius 2 is 2.33 bits per heavy atom. The van der Waals surface area contributed by atoms with Crippen LogP contribution < -0.4 is 5.32 Å². The minimum absolute atomic E-state index is 0.509. The van der Waals surface area contributed by atoms with E-state index in [1.54, 1.807) is 6.20 Å². The van der Waals surface area contributed by atoms with Gasteiger partial charge in [0, 0.05) is 12.2 Å². The van der Waals surface area contributed by atoms with Crippen LogP contribution in [0.3, 0.4) is 0 Å². The highest BCUT2D eigenvalue weighted by atomic mass is 15.1. The van der Waals surface area contributed by atoms with Gasteiger partial charge in [-0.3, -0.25) is 0 Å². The maximum Gasteiger partial charge on any atom is 0.0544 e. The van der Waals surface area contributed by atoms with E-state index in [-0.39, 0.29) is 0 Å². The van der Waals surface area contributed by atoms with E-state index in [2.05, 4.69) is 15.5 Å². The third-order valence-corrected chi connectivity index (χ3v) is 2.32. The van der Waals surface area contributed by atoms with Gasteiger partial charge in [0.15, 0.2) is 0 Å². The largest absolute Gasteiger partial charge is 0.310 e. The Balaban J connectivity index is 2.08. The second-order valence-electron chi connectivity index (χ2n) is 3.18. The van der Waals surface area contributed by atoms with Crippen molar-refractivity contribution in [2.75, 3.05) is 6.54 Å². The van der Waals surface area contributed by atoms with Crippen molar-refractivity contribution >= 4 is 0 Å². The topological polar surface area (TPSA) is 37.8 Å². The first-order valence-corrected chi connectivity index (χ1v) is 4.47. The monoisotopic (exact) mass is 163 g/mol. The fourth-order valence-electron chi connectivity index (χ4n) is 1.64. The van der Waals surface area contributed by atoms with Crippen LogP contribution in [-0.2, 0) is 0 Å². The van der Waals surface area contributed by atoms with Gasteiger partial charge in [0.05, 0.1) is 6.20 Å². The molecule has 1 aliphatic heterocycles. The van der Waals surface area contributed by atoms with Gasteiger partial charge in [-0.05, 0) is 31.0 Å². The molecule has 1 aromatic rings. The van der Waals surface area contributed by atoms with E-state index < -0.39 is 0 Å². The normalized spacial score (nSPS) is 23.8. The van der Waals surface area contributed by atoms with Gasteiger partial charge in [0.25, 0.3) is 0 Å². The highest BCUT2D eigenvalue weighted by Crippen LogP contribution is 2.21. The van der Waals surface area contributed by atoms with Crippen LogP contribution in [0.4, 0.5) is 0 Å². The lowest BCUT2D eigenvalue weighted by Crippen LogP contribution is -2.26. The van der Waals surface area contributed by atoms with E-state index in [1.165, 1.54) is 24.8 Å². The number of hydrogen-bond donors (Lipinski definition) is 1. The zero-order valence-electron chi connectivity index (χ0n) is 7.03. The summed E-state index contributed by atoms with van der Waals surface area (Å²) in [7, 11) is 0. The van der Waals surface area contributed by atoms with Crippen LogP contribution in [0.2, 0.25) is 0 Å². The third-order valence-electron chi connectivity index (χ3n) is 2.32. The molecule has 0 bridgehead atoms. The van der Waals surface area contributed by atoms with Gasteiger partial charge in [-0.15, -0.1) is 0 Å². The fourth-order valence-corrected chi connectivity index (χ4v) is 1.64. The highest BCUT2D eigenvalue weighted by Gasteiger charge is 2.13. The zero-order chi connectivity index (χ0) is 8.23. The highest BCUT2D eigenvalue weighted by molar-refractivity contribution is 5.11. The standard InChI is InChI=1S/C9H13N3/c1-2-5-10-9(3-1)8-4-6-11-12-7-8/h4,6-7,9-10H,1-3,5H2. The zero-order valence-corrected chi connectivity index (χ0v) is 7.03. The van der Waals surface area contributed by atoms with Crippen molar-refractivity contribution in [2.24, 2.45) is 0 Å². The molecule has 1 atom stereocenters. The van der Waals surface area contributed by atoms with Crippen LogP contribution in [0.5, 0.6) is 0 Å². The van der Waals surface area contributed by atoms with Crippen molar-refractivity contribution in [1.29, 1.82) is 0 Å². The molecule has 12 heavy (non-hydrogen) atoms. The summed E-state index contributed by atoms with van der Waals surface area (Å²) >= 11 is 0. The molecule has 0 radical (unpaired) electrons. The predicted molar refractivity (Wildman–Crippen MR) is 46.6 cm³/mol. The van der Waals surface area contributed by atoms with Crippen molar-refractivity contribution in [3.8, 4) is 0 Å². The molecule has 2 rings (SSSR count). The minimum atomic E-state index is 0.509. The molecule has 1 N–H and O–H groups in total. The van der Waals surface area contributed by atoms with E-state index in [0.717, 1.165) is 6.54 Å². The first-order chi connectivity index (χ1) is 5.97. The lowest BCUT2D eigenvalue weighted by molar-refractivity contribution is 0.411. The first-order valence-electron chi connectivity index (χ1n) is 4.47. The average Bonchev–Trinajstić information content (AvgIpc) is 2.21. The lowest BCUT2D eigenvalue weighted by atomic mass is 9.99. The number of nitrogens with zero attached hydrogens (tertiary/aromatic N) is 2. The molecule has 2 heterocycles. The number of nitrogens with one attached hydrogen (secondary N) is 1. The quantitative estimate of drug-likeness (QED) is 0.678. The van der Waals surface area contributed by atoms with Gasteiger partial charge in [0.2, 0.25) is 0 Å². The van der Waals surface area contributed by atoms with E-state index in [4.69, 9.17) is 0 Å². The van der Waals surface area contributed by atoms with Crippen LogP contribution in [0.1, 0.15) is 30.9 Å². The third kappa shape index (κ3) is 1.61. The van der Waals surface area contributed by atoms with Crippen LogP contribution in [0.25, 0.3) is 0 Å². The maximum absolute atomic E-state index is 3.87. The molecule has 0 spiro atoms. The summed E-state index contributed by atoms with van der Waals surface area (Å²) in [6.07, 6.45) is 7.45. The van der Waals surface area contributed by atoms with Crippen LogP contribution >= 0.6 is 0 Å². The molecule has 0 aromatic carbocycles. The van der Waals surface area contributed by atoms with Crippen LogP contribution in [-0.4, -0.2) is 16.7 Å². The molecule has 0 amide bonds. The minimum Gasteiger partial charge on any atom is -0.310 e. The number of aromatic nitrogens is 2. The Bertz CT molecular complexity index is 229. The Hall–Kier alpha value is -0.960. The number of piperidine rings is 1. The van der Waals surface area contributed by atoms with Crippen molar-refractivity contribution < 1.29 is 0 Å². The van der Waals surface area contributed by atoms with Crippen molar-refractivity contribution in [3.05, 3.63) is 24.0 Å². The molecular weight excluding hydrogens is 150 g/mol. The van der Waals surface area contributed by atoms with E-state index in [9.17, 15) is 0 Å². The number of rotatable bonds is 1. The van der Waals surface area contributed by atoms with E-state index >= 15 is 0 Å². The second-order valence-corrected chi connectivity index (χ2v) is 3.18. The van der Waals surface area contributed by atoms with Crippen LogP contribution in [0.15, 0.2) is 18.5 Å². The molecule has 1 aromatic heterocycles. The van der Waals surface area contributed by atoms with Gasteiger partial charge in [-0.2, -0.15) is 10.2 Å². The van der Waals surface area contributed by atoms with Gasteiger partial charge in [-0.1, -0.05) is 6.42 Å². The van der Waals surface area contributed by atoms with Crippen LogP contribution in [0, 0.1) is 0 Å². The SMILES string of the molecule is c1cc(C2CCCCN2)cnn1. The second kappa shape index (κ2) is 3.63. The Labute approximate surface area is 72.2 Å². The molecule has 0 aliphatic carbocycles. The molecule has 3 heteroatoms.